The second kappa shape index (κ2) is 11.9. The van der Waals surface area contributed by atoms with Gasteiger partial charge in [-0.3, -0.25) is 14.4 Å². The number of carbonyl (C=O) groups excluding carboxylic acids is 4. The van der Waals surface area contributed by atoms with E-state index in [4.69, 9.17) is 10.3 Å². The van der Waals surface area contributed by atoms with Crippen LogP contribution in [0, 0.1) is 0 Å². The molecule has 25 heavy (non-hydrogen) atoms. The van der Waals surface area contributed by atoms with Crippen LogP contribution in [0.1, 0.15) is 46.5 Å². The summed E-state index contributed by atoms with van der Waals surface area (Å²) in [6.07, 6.45) is -0.0490. The molecule has 0 heterocycles. The summed E-state index contributed by atoms with van der Waals surface area (Å²) in [6, 6.07) is 0. The maximum Gasteiger partial charge on any atom is 0.408 e. The molecular formula is C15H25N5O5. The van der Waals surface area contributed by atoms with Gasteiger partial charge < -0.3 is 15.4 Å². The van der Waals surface area contributed by atoms with Gasteiger partial charge in [-0.2, -0.15) is 0 Å². The summed E-state index contributed by atoms with van der Waals surface area (Å²) in [5, 5.41) is 8.07. The number of ketones is 2. The lowest BCUT2D eigenvalue weighted by Crippen LogP contribution is -2.35. The lowest BCUT2D eigenvalue weighted by Gasteiger charge is -2.19. The zero-order valence-corrected chi connectivity index (χ0v) is 14.8. The third-order valence-corrected chi connectivity index (χ3v) is 2.72. The first-order valence-corrected chi connectivity index (χ1v) is 7.92. The normalized spacial score (nSPS) is 10.4. The fourth-order valence-corrected chi connectivity index (χ4v) is 1.62. The molecule has 10 nitrogen and oxygen atoms in total. The third kappa shape index (κ3) is 14.7. The van der Waals surface area contributed by atoms with Crippen molar-refractivity contribution >= 4 is 23.6 Å². The Bertz CT molecular complexity index is 535. The minimum absolute atomic E-state index is 0.00149. The van der Waals surface area contributed by atoms with Crippen molar-refractivity contribution in [2.24, 2.45) is 5.11 Å². The fourth-order valence-electron chi connectivity index (χ4n) is 1.62. The van der Waals surface area contributed by atoms with E-state index in [0.29, 0.717) is 13.0 Å². The van der Waals surface area contributed by atoms with Crippen molar-refractivity contribution in [3.05, 3.63) is 10.4 Å². The fraction of sp³-hybridized carbons (Fsp3) is 0.733. The number of alkyl carbamates (subject to hydrolysis) is 1. The van der Waals surface area contributed by atoms with Gasteiger partial charge in [0.15, 0.2) is 5.78 Å². The number of carbonyl (C=O) groups is 4. The summed E-state index contributed by atoms with van der Waals surface area (Å²) < 4.78 is 4.99. The van der Waals surface area contributed by atoms with Gasteiger partial charge in [-0.15, -0.1) is 0 Å². The first kappa shape index (κ1) is 22.4. The van der Waals surface area contributed by atoms with E-state index in [-0.39, 0.29) is 49.8 Å². The smallest absolute Gasteiger partial charge is 0.408 e. The topological polar surface area (TPSA) is 150 Å². The highest BCUT2D eigenvalue weighted by molar-refractivity contribution is 5.88. The van der Waals surface area contributed by atoms with Gasteiger partial charge in [-0.05, 0) is 32.7 Å². The molecule has 0 atom stereocenters. The van der Waals surface area contributed by atoms with Gasteiger partial charge in [0.05, 0.1) is 13.1 Å². The van der Waals surface area contributed by atoms with Gasteiger partial charge in [0.25, 0.3) is 0 Å². The number of nitrogens with one attached hydrogen (secondary N) is 2. The molecule has 0 aromatic carbocycles. The van der Waals surface area contributed by atoms with Crippen molar-refractivity contribution in [2.75, 3.05) is 19.6 Å². The average Bonchev–Trinajstić information content (AvgIpc) is 2.51. The van der Waals surface area contributed by atoms with Crippen LogP contribution in [0.15, 0.2) is 5.11 Å². The minimum atomic E-state index is -0.685. The molecular weight excluding hydrogens is 330 g/mol. The number of ether oxygens (including phenoxy) is 1. The summed E-state index contributed by atoms with van der Waals surface area (Å²) in [6.45, 7) is 5.04. The van der Waals surface area contributed by atoms with Crippen LogP contribution in [0.25, 0.3) is 10.4 Å². The predicted molar refractivity (Wildman–Crippen MR) is 89.7 cm³/mol. The first-order valence-electron chi connectivity index (χ1n) is 7.92. The molecule has 0 aromatic rings. The van der Waals surface area contributed by atoms with Gasteiger partial charge in [0.1, 0.15) is 11.4 Å². The molecule has 0 rings (SSSR count). The Kier molecular flexibility index (Phi) is 10.6. The van der Waals surface area contributed by atoms with Gasteiger partial charge in [-0.25, -0.2) is 4.79 Å². The summed E-state index contributed by atoms with van der Waals surface area (Å²) in [7, 11) is 0. The molecule has 0 radical (unpaired) electrons. The largest absolute Gasteiger partial charge is 0.444 e. The summed E-state index contributed by atoms with van der Waals surface area (Å²) in [4.78, 5) is 48.2. The molecule has 0 bridgehead atoms. The Labute approximate surface area is 146 Å². The van der Waals surface area contributed by atoms with E-state index >= 15 is 0 Å². The highest BCUT2D eigenvalue weighted by Crippen LogP contribution is 2.06. The maximum absolute atomic E-state index is 11.6. The molecule has 0 aliphatic rings. The molecule has 0 aromatic heterocycles. The number of rotatable bonds is 11. The molecule has 140 valence electrons. The van der Waals surface area contributed by atoms with E-state index in [2.05, 4.69) is 20.7 Å². The molecule has 0 spiro atoms. The lowest BCUT2D eigenvalue weighted by atomic mass is 10.2. The van der Waals surface area contributed by atoms with Crippen LogP contribution in [0.2, 0.25) is 0 Å². The van der Waals surface area contributed by atoms with Crippen LogP contribution < -0.4 is 10.6 Å². The molecule has 2 amide bonds. The van der Waals surface area contributed by atoms with Gasteiger partial charge in [0, 0.05) is 30.7 Å². The van der Waals surface area contributed by atoms with E-state index in [0.717, 1.165) is 0 Å². The summed E-state index contributed by atoms with van der Waals surface area (Å²) in [5.74, 6) is -0.797. The van der Waals surface area contributed by atoms with E-state index < -0.39 is 11.7 Å². The molecule has 0 aliphatic carbocycles. The van der Waals surface area contributed by atoms with Crippen molar-refractivity contribution in [1.29, 1.82) is 0 Å². The van der Waals surface area contributed by atoms with E-state index in [1.165, 1.54) is 0 Å². The quantitative estimate of drug-likeness (QED) is 0.250. The van der Waals surface area contributed by atoms with E-state index in [1.807, 2.05) is 0 Å². The highest BCUT2D eigenvalue weighted by atomic mass is 16.6. The van der Waals surface area contributed by atoms with Gasteiger partial charge in [0.2, 0.25) is 5.91 Å². The number of amides is 2. The van der Waals surface area contributed by atoms with Crippen LogP contribution in [-0.4, -0.2) is 48.8 Å². The van der Waals surface area contributed by atoms with Crippen molar-refractivity contribution in [3.63, 3.8) is 0 Å². The Morgan fingerprint density at radius 1 is 1.04 bits per heavy atom. The monoisotopic (exact) mass is 355 g/mol. The minimum Gasteiger partial charge on any atom is -0.444 e. The summed E-state index contributed by atoms with van der Waals surface area (Å²) >= 11 is 0. The zero-order chi connectivity index (χ0) is 19.3. The van der Waals surface area contributed by atoms with E-state index in [1.54, 1.807) is 20.8 Å². The Hall–Kier alpha value is -2.61. The van der Waals surface area contributed by atoms with Gasteiger partial charge in [-0.1, -0.05) is 5.11 Å². The van der Waals surface area contributed by atoms with Crippen molar-refractivity contribution in [2.45, 2.75) is 52.1 Å². The predicted octanol–water partition coefficient (Wildman–Crippen LogP) is 1.64. The Morgan fingerprint density at radius 2 is 1.72 bits per heavy atom. The zero-order valence-electron chi connectivity index (χ0n) is 14.8. The van der Waals surface area contributed by atoms with Crippen molar-refractivity contribution in [1.82, 2.24) is 10.6 Å². The van der Waals surface area contributed by atoms with Gasteiger partial charge >= 0.3 is 6.09 Å². The highest BCUT2D eigenvalue weighted by Gasteiger charge is 2.16. The molecule has 0 aliphatic heterocycles. The van der Waals surface area contributed by atoms with E-state index in [9.17, 15) is 19.2 Å². The standard InChI is InChI=1S/C15H25N5O5/c1-15(2,3)25-14(24)18-9-12(22)6-7-13(23)17-8-4-5-11(21)10-19-20-16/h4-10H2,1-3H3,(H,17,23)(H,18,24). The number of azide groups is 1. The number of hydrogen-bond donors (Lipinski definition) is 2. The Balaban J connectivity index is 3.77. The third-order valence-electron chi connectivity index (χ3n) is 2.72. The second-order valence-electron chi connectivity index (χ2n) is 6.28. The molecule has 0 saturated carbocycles. The number of Topliss-reactive ketones (excluding diaryl/α,β-unsaturated/α-hetero) is 2. The van der Waals surface area contributed by atoms with Crippen LogP contribution in [-0.2, 0) is 19.1 Å². The van der Waals surface area contributed by atoms with Crippen LogP contribution >= 0.6 is 0 Å². The summed E-state index contributed by atoms with van der Waals surface area (Å²) in [5.41, 5.74) is 7.43. The first-order chi connectivity index (χ1) is 11.6. The second-order valence-corrected chi connectivity index (χ2v) is 6.28. The average molecular weight is 355 g/mol. The number of hydrogen-bond acceptors (Lipinski definition) is 6. The van der Waals surface area contributed by atoms with Crippen molar-refractivity contribution < 1.29 is 23.9 Å². The molecule has 0 unspecified atom stereocenters. The molecule has 2 N–H and O–H groups in total. The molecule has 10 heteroatoms. The molecule has 0 fully saturated rings. The van der Waals surface area contributed by atoms with Crippen molar-refractivity contribution in [3.8, 4) is 0 Å². The van der Waals surface area contributed by atoms with Crippen LogP contribution in [0.3, 0.4) is 0 Å². The van der Waals surface area contributed by atoms with Crippen LogP contribution in [0.5, 0.6) is 0 Å². The molecule has 0 saturated heterocycles. The number of nitrogens with zero attached hydrogens (tertiary/aromatic N) is 3. The Morgan fingerprint density at radius 3 is 2.32 bits per heavy atom. The lowest BCUT2D eigenvalue weighted by molar-refractivity contribution is -0.125. The maximum atomic E-state index is 11.6. The van der Waals surface area contributed by atoms with Crippen LogP contribution in [0.4, 0.5) is 4.79 Å². The SMILES string of the molecule is CC(C)(C)OC(=O)NCC(=O)CCC(=O)NCCCC(=O)CN=[N+]=[N-].